The maximum Gasteiger partial charge on any atom is 0.393 e. The fraction of sp³-hybridized carbons (Fsp3) is 0.571. The van der Waals surface area contributed by atoms with Crippen molar-refractivity contribution < 1.29 is 22.6 Å². The van der Waals surface area contributed by atoms with Crippen molar-refractivity contribution in [2.45, 2.75) is 25.1 Å². The van der Waals surface area contributed by atoms with Gasteiger partial charge in [-0.25, -0.2) is 0 Å². The molecule has 1 fully saturated rings. The van der Waals surface area contributed by atoms with Crippen LogP contribution in [0.4, 0.5) is 13.2 Å². The molecule has 1 heterocycles. The Morgan fingerprint density at radius 3 is 2.55 bits per heavy atom. The molecule has 1 saturated heterocycles. The third-order valence-electron chi connectivity index (χ3n) is 3.65. The Morgan fingerprint density at radius 1 is 1.20 bits per heavy atom. The summed E-state index contributed by atoms with van der Waals surface area (Å²) in [7, 11) is 2.91. The summed E-state index contributed by atoms with van der Waals surface area (Å²) in [4.78, 5) is 0. The fourth-order valence-electron chi connectivity index (χ4n) is 2.72. The van der Waals surface area contributed by atoms with E-state index in [1.807, 2.05) is 0 Å². The summed E-state index contributed by atoms with van der Waals surface area (Å²) >= 11 is 0. The van der Waals surface area contributed by atoms with Gasteiger partial charge in [0.25, 0.3) is 0 Å². The van der Waals surface area contributed by atoms with Gasteiger partial charge in [-0.1, -0.05) is 12.1 Å². The molecule has 3 nitrogen and oxygen atoms in total. The largest absolute Gasteiger partial charge is 0.493 e. The zero-order valence-corrected chi connectivity index (χ0v) is 11.5. The van der Waals surface area contributed by atoms with Crippen LogP contribution in [0, 0.1) is 5.92 Å². The normalized spacial score (nSPS) is 23.4. The first-order chi connectivity index (χ1) is 9.49. The van der Waals surface area contributed by atoms with Crippen LogP contribution in [0.1, 0.15) is 24.4 Å². The lowest BCUT2D eigenvalue weighted by Gasteiger charge is -2.35. The molecule has 1 aliphatic rings. The van der Waals surface area contributed by atoms with E-state index in [2.05, 4.69) is 5.32 Å². The van der Waals surface area contributed by atoms with Gasteiger partial charge in [0, 0.05) is 11.6 Å². The standard InChI is InChI=1S/C14H18F3NO2/c1-19-11-7-3-5-9(13(11)20-2)12-10(14(15,16)17)6-4-8-18-12/h3,5,7,10,12,18H,4,6,8H2,1-2H3. The molecule has 1 aromatic carbocycles. The Balaban J connectivity index is 2.42. The van der Waals surface area contributed by atoms with Gasteiger partial charge in [-0.3, -0.25) is 0 Å². The molecule has 1 aliphatic heterocycles. The summed E-state index contributed by atoms with van der Waals surface area (Å²) in [5.74, 6) is -0.598. The van der Waals surface area contributed by atoms with Crippen molar-refractivity contribution in [3.8, 4) is 11.5 Å². The summed E-state index contributed by atoms with van der Waals surface area (Å²) in [5.41, 5.74) is 0.494. The first-order valence-electron chi connectivity index (χ1n) is 6.50. The Kier molecular flexibility index (Phi) is 4.42. The third kappa shape index (κ3) is 2.85. The predicted octanol–water partition coefficient (Wildman–Crippen LogP) is 3.31. The van der Waals surface area contributed by atoms with Crippen LogP contribution < -0.4 is 14.8 Å². The fourth-order valence-corrected chi connectivity index (χ4v) is 2.72. The van der Waals surface area contributed by atoms with E-state index in [4.69, 9.17) is 9.47 Å². The number of nitrogens with one attached hydrogen (secondary N) is 1. The van der Waals surface area contributed by atoms with Crippen molar-refractivity contribution in [1.29, 1.82) is 0 Å². The molecule has 1 N–H and O–H groups in total. The Morgan fingerprint density at radius 2 is 1.95 bits per heavy atom. The second kappa shape index (κ2) is 5.91. The number of ether oxygens (including phenoxy) is 2. The third-order valence-corrected chi connectivity index (χ3v) is 3.65. The van der Waals surface area contributed by atoms with Crippen molar-refractivity contribution in [2.75, 3.05) is 20.8 Å². The Hall–Kier alpha value is -1.43. The van der Waals surface area contributed by atoms with E-state index in [0.29, 0.717) is 30.0 Å². The second-order valence-corrected chi connectivity index (χ2v) is 4.80. The number of hydrogen-bond acceptors (Lipinski definition) is 3. The van der Waals surface area contributed by atoms with Gasteiger partial charge in [0.05, 0.1) is 20.1 Å². The number of para-hydroxylation sites is 1. The van der Waals surface area contributed by atoms with E-state index < -0.39 is 18.1 Å². The van der Waals surface area contributed by atoms with Gasteiger partial charge in [-0.05, 0) is 25.5 Å². The molecule has 1 aromatic rings. The molecule has 6 heteroatoms. The smallest absolute Gasteiger partial charge is 0.393 e. The van der Waals surface area contributed by atoms with Gasteiger partial charge in [-0.15, -0.1) is 0 Å². The molecular formula is C14H18F3NO2. The lowest BCUT2D eigenvalue weighted by molar-refractivity contribution is -0.189. The number of halogens is 3. The molecule has 112 valence electrons. The van der Waals surface area contributed by atoms with Gasteiger partial charge in [0.15, 0.2) is 11.5 Å². The van der Waals surface area contributed by atoms with E-state index in [0.717, 1.165) is 0 Å². The van der Waals surface area contributed by atoms with Crippen LogP contribution in [0.5, 0.6) is 11.5 Å². The molecule has 0 aliphatic carbocycles. The molecule has 0 spiro atoms. The average Bonchev–Trinajstić information content (AvgIpc) is 2.45. The van der Waals surface area contributed by atoms with Crippen molar-refractivity contribution in [3.63, 3.8) is 0 Å². The quantitative estimate of drug-likeness (QED) is 0.926. The van der Waals surface area contributed by atoms with Crippen LogP contribution in [0.25, 0.3) is 0 Å². The maximum atomic E-state index is 13.2. The van der Waals surface area contributed by atoms with E-state index in [1.54, 1.807) is 18.2 Å². The molecule has 0 radical (unpaired) electrons. The number of rotatable bonds is 3. The van der Waals surface area contributed by atoms with Gasteiger partial charge < -0.3 is 14.8 Å². The summed E-state index contributed by atoms with van der Waals surface area (Å²) in [5, 5.41) is 2.96. The molecular weight excluding hydrogens is 271 g/mol. The van der Waals surface area contributed by atoms with Gasteiger partial charge >= 0.3 is 6.18 Å². The highest BCUT2D eigenvalue weighted by Gasteiger charge is 2.46. The summed E-state index contributed by atoms with van der Waals surface area (Å²) in [6.07, 6.45) is -3.58. The zero-order valence-electron chi connectivity index (χ0n) is 11.5. The van der Waals surface area contributed by atoms with Crippen LogP contribution >= 0.6 is 0 Å². The predicted molar refractivity (Wildman–Crippen MR) is 69.1 cm³/mol. The highest BCUT2D eigenvalue weighted by Crippen LogP contribution is 2.45. The van der Waals surface area contributed by atoms with Gasteiger partial charge in [0.2, 0.25) is 0 Å². The average molecular weight is 289 g/mol. The first-order valence-corrected chi connectivity index (χ1v) is 6.50. The topological polar surface area (TPSA) is 30.5 Å². The number of benzene rings is 1. The minimum absolute atomic E-state index is 0.127. The monoisotopic (exact) mass is 289 g/mol. The molecule has 0 bridgehead atoms. The lowest BCUT2D eigenvalue weighted by Crippen LogP contribution is -2.41. The molecule has 20 heavy (non-hydrogen) atoms. The highest BCUT2D eigenvalue weighted by atomic mass is 19.4. The number of hydrogen-bond donors (Lipinski definition) is 1. The maximum absolute atomic E-state index is 13.2. The second-order valence-electron chi connectivity index (χ2n) is 4.80. The molecule has 2 rings (SSSR count). The number of alkyl halides is 3. The van der Waals surface area contributed by atoms with Crippen LogP contribution in [-0.4, -0.2) is 26.9 Å². The molecule has 0 saturated carbocycles. The molecule has 0 amide bonds. The summed E-state index contributed by atoms with van der Waals surface area (Å²) in [6.45, 7) is 0.567. The minimum atomic E-state index is -4.23. The molecule has 2 unspecified atom stereocenters. The lowest BCUT2D eigenvalue weighted by atomic mass is 9.85. The number of piperidine rings is 1. The van der Waals surface area contributed by atoms with E-state index >= 15 is 0 Å². The SMILES string of the molecule is COc1cccc(C2NCCCC2C(F)(F)F)c1OC. The van der Waals surface area contributed by atoms with Crippen LogP contribution in [-0.2, 0) is 0 Å². The van der Waals surface area contributed by atoms with E-state index in [1.165, 1.54) is 14.2 Å². The van der Waals surface area contributed by atoms with Crippen LogP contribution in [0.2, 0.25) is 0 Å². The first kappa shape index (κ1) is 15.0. The van der Waals surface area contributed by atoms with Crippen molar-refractivity contribution in [3.05, 3.63) is 23.8 Å². The molecule has 2 atom stereocenters. The zero-order chi connectivity index (χ0) is 14.8. The van der Waals surface area contributed by atoms with Gasteiger partial charge in [0.1, 0.15) is 0 Å². The van der Waals surface area contributed by atoms with Gasteiger partial charge in [-0.2, -0.15) is 13.2 Å². The van der Waals surface area contributed by atoms with Crippen molar-refractivity contribution >= 4 is 0 Å². The Bertz CT molecular complexity index is 462. The van der Waals surface area contributed by atoms with Crippen molar-refractivity contribution in [1.82, 2.24) is 5.32 Å². The van der Waals surface area contributed by atoms with E-state index in [-0.39, 0.29) is 6.42 Å². The summed E-state index contributed by atoms with van der Waals surface area (Å²) < 4.78 is 50.0. The summed E-state index contributed by atoms with van der Waals surface area (Å²) in [6, 6.07) is 4.21. The number of methoxy groups -OCH3 is 2. The highest BCUT2D eigenvalue weighted by molar-refractivity contribution is 5.48. The molecule has 0 aromatic heterocycles. The van der Waals surface area contributed by atoms with Crippen LogP contribution in [0.15, 0.2) is 18.2 Å². The Labute approximate surface area is 116 Å². The minimum Gasteiger partial charge on any atom is -0.493 e. The van der Waals surface area contributed by atoms with Crippen molar-refractivity contribution in [2.24, 2.45) is 5.92 Å². The van der Waals surface area contributed by atoms with E-state index in [9.17, 15) is 13.2 Å². The van der Waals surface area contributed by atoms with Crippen LogP contribution in [0.3, 0.4) is 0 Å².